The summed E-state index contributed by atoms with van der Waals surface area (Å²) >= 11 is 0. The molecule has 0 radical (unpaired) electrons. The van der Waals surface area contributed by atoms with Crippen molar-refractivity contribution >= 4 is 17.4 Å². The monoisotopic (exact) mass is 319 g/mol. The Bertz CT molecular complexity index is 818. The van der Waals surface area contributed by atoms with Crippen molar-refractivity contribution in [2.45, 2.75) is 13.5 Å². The van der Waals surface area contributed by atoms with E-state index in [1.807, 2.05) is 49.4 Å². The highest BCUT2D eigenvalue weighted by atomic mass is 16.1. The van der Waals surface area contributed by atoms with Crippen LogP contribution < -0.4 is 10.6 Å². The number of anilines is 2. The van der Waals surface area contributed by atoms with Gasteiger partial charge in [0.1, 0.15) is 0 Å². The largest absolute Gasteiger partial charge is 0.345 e. The molecule has 1 amide bonds. The fourth-order valence-electron chi connectivity index (χ4n) is 2.14. The minimum absolute atomic E-state index is 0.265. The van der Waals surface area contributed by atoms with E-state index in [1.54, 1.807) is 18.3 Å². The SMILES string of the molecule is Cc1ccccc1Nc1ccc(C(=O)NCc2ccccn2)nn1. The molecule has 1 aromatic carbocycles. The topological polar surface area (TPSA) is 79.8 Å². The third-order valence-electron chi connectivity index (χ3n) is 3.46. The lowest BCUT2D eigenvalue weighted by Gasteiger charge is -2.08. The van der Waals surface area contributed by atoms with Crippen molar-refractivity contribution in [3.8, 4) is 0 Å². The fraction of sp³-hybridized carbons (Fsp3) is 0.111. The van der Waals surface area contributed by atoms with Gasteiger partial charge in [0.25, 0.3) is 5.91 Å². The summed E-state index contributed by atoms with van der Waals surface area (Å²) in [7, 11) is 0. The molecule has 0 saturated carbocycles. The smallest absolute Gasteiger partial charge is 0.272 e. The Labute approximate surface area is 140 Å². The first-order valence-corrected chi connectivity index (χ1v) is 7.57. The van der Waals surface area contributed by atoms with Gasteiger partial charge in [-0.25, -0.2) is 0 Å². The van der Waals surface area contributed by atoms with Gasteiger partial charge in [-0.1, -0.05) is 24.3 Å². The van der Waals surface area contributed by atoms with Crippen molar-refractivity contribution in [2.24, 2.45) is 0 Å². The van der Waals surface area contributed by atoms with Gasteiger partial charge in [0.15, 0.2) is 11.5 Å². The summed E-state index contributed by atoms with van der Waals surface area (Å²) < 4.78 is 0. The van der Waals surface area contributed by atoms with E-state index in [4.69, 9.17) is 0 Å². The summed E-state index contributed by atoms with van der Waals surface area (Å²) in [6.07, 6.45) is 1.69. The quantitative estimate of drug-likeness (QED) is 0.756. The number of aryl methyl sites for hydroxylation is 1. The number of rotatable bonds is 5. The molecule has 0 atom stereocenters. The Kier molecular flexibility index (Phi) is 4.76. The van der Waals surface area contributed by atoms with Crippen LogP contribution in [0.25, 0.3) is 0 Å². The second-order valence-corrected chi connectivity index (χ2v) is 5.25. The lowest BCUT2D eigenvalue weighted by atomic mass is 10.2. The molecule has 6 nitrogen and oxygen atoms in total. The molecule has 24 heavy (non-hydrogen) atoms. The van der Waals surface area contributed by atoms with Crippen LogP contribution in [-0.2, 0) is 6.54 Å². The number of hydrogen-bond donors (Lipinski definition) is 2. The van der Waals surface area contributed by atoms with Crippen LogP contribution in [0, 0.1) is 6.92 Å². The van der Waals surface area contributed by atoms with Crippen LogP contribution in [-0.4, -0.2) is 21.1 Å². The van der Waals surface area contributed by atoms with Gasteiger partial charge < -0.3 is 10.6 Å². The Morgan fingerprint density at radius 2 is 1.83 bits per heavy atom. The number of pyridine rings is 1. The molecule has 3 rings (SSSR count). The van der Waals surface area contributed by atoms with Crippen LogP contribution in [0.5, 0.6) is 0 Å². The number of nitrogens with zero attached hydrogens (tertiary/aromatic N) is 3. The number of carbonyl (C=O) groups excluding carboxylic acids is 1. The van der Waals surface area contributed by atoms with Gasteiger partial charge in [-0.15, -0.1) is 10.2 Å². The molecule has 0 aliphatic heterocycles. The zero-order valence-electron chi connectivity index (χ0n) is 13.2. The summed E-state index contributed by atoms with van der Waals surface area (Å²) in [6, 6.07) is 16.8. The van der Waals surface area contributed by atoms with Crippen molar-refractivity contribution in [3.63, 3.8) is 0 Å². The second kappa shape index (κ2) is 7.32. The van der Waals surface area contributed by atoms with E-state index in [-0.39, 0.29) is 11.6 Å². The van der Waals surface area contributed by atoms with E-state index in [0.717, 1.165) is 16.9 Å². The maximum absolute atomic E-state index is 12.1. The lowest BCUT2D eigenvalue weighted by molar-refractivity contribution is 0.0944. The van der Waals surface area contributed by atoms with Gasteiger partial charge in [-0.05, 0) is 42.8 Å². The van der Waals surface area contributed by atoms with Gasteiger partial charge in [0.05, 0.1) is 12.2 Å². The standard InChI is InChI=1S/C18H17N5O/c1-13-6-2-3-8-15(13)21-17-10-9-16(22-23-17)18(24)20-12-14-7-4-5-11-19-14/h2-11H,12H2,1H3,(H,20,24)(H,21,23). The Morgan fingerprint density at radius 3 is 2.54 bits per heavy atom. The molecule has 2 heterocycles. The second-order valence-electron chi connectivity index (χ2n) is 5.25. The van der Waals surface area contributed by atoms with Gasteiger partial charge in [-0.3, -0.25) is 9.78 Å². The van der Waals surface area contributed by atoms with Crippen molar-refractivity contribution in [3.05, 3.63) is 77.7 Å². The fourth-order valence-corrected chi connectivity index (χ4v) is 2.14. The zero-order chi connectivity index (χ0) is 16.8. The van der Waals surface area contributed by atoms with Crippen LogP contribution in [0.1, 0.15) is 21.7 Å². The molecular formula is C18H17N5O. The Hall–Kier alpha value is -3.28. The van der Waals surface area contributed by atoms with E-state index in [2.05, 4.69) is 25.8 Å². The van der Waals surface area contributed by atoms with Gasteiger partial charge >= 0.3 is 0 Å². The molecule has 0 fully saturated rings. The zero-order valence-corrected chi connectivity index (χ0v) is 13.2. The van der Waals surface area contributed by atoms with E-state index in [0.29, 0.717) is 12.4 Å². The molecule has 2 N–H and O–H groups in total. The predicted octanol–water partition coefficient (Wildman–Crippen LogP) is 2.85. The molecule has 0 bridgehead atoms. The van der Waals surface area contributed by atoms with Crippen LogP contribution in [0.15, 0.2) is 60.8 Å². The average Bonchev–Trinajstić information content (AvgIpc) is 2.63. The Morgan fingerprint density at radius 1 is 1.00 bits per heavy atom. The molecule has 0 unspecified atom stereocenters. The van der Waals surface area contributed by atoms with E-state index in [9.17, 15) is 4.79 Å². The predicted molar refractivity (Wildman–Crippen MR) is 91.9 cm³/mol. The van der Waals surface area contributed by atoms with Crippen LogP contribution in [0.3, 0.4) is 0 Å². The highest BCUT2D eigenvalue weighted by Crippen LogP contribution is 2.17. The summed E-state index contributed by atoms with van der Waals surface area (Å²) in [5.74, 6) is 0.307. The summed E-state index contributed by atoms with van der Waals surface area (Å²) in [5.41, 5.74) is 3.12. The first kappa shape index (κ1) is 15.6. The first-order valence-electron chi connectivity index (χ1n) is 7.57. The van der Waals surface area contributed by atoms with Gasteiger partial charge in [-0.2, -0.15) is 0 Å². The normalized spacial score (nSPS) is 10.2. The van der Waals surface area contributed by atoms with Gasteiger partial charge in [0, 0.05) is 11.9 Å². The lowest BCUT2D eigenvalue weighted by Crippen LogP contribution is -2.24. The molecule has 0 aliphatic carbocycles. The molecule has 2 aromatic heterocycles. The molecule has 3 aromatic rings. The number of aromatic nitrogens is 3. The molecule has 6 heteroatoms. The third kappa shape index (κ3) is 3.92. The van der Waals surface area contributed by atoms with Crippen LogP contribution >= 0.6 is 0 Å². The van der Waals surface area contributed by atoms with E-state index >= 15 is 0 Å². The van der Waals surface area contributed by atoms with Crippen LogP contribution in [0.4, 0.5) is 11.5 Å². The first-order chi connectivity index (χ1) is 11.7. The summed E-state index contributed by atoms with van der Waals surface area (Å²) in [5, 5.41) is 14.0. The molecular weight excluding hydrogens is 302 g/mol. The van der Waals surface area contributed by atoms with Crippen molar-refractivity contribution < 1.29 is 4.79 Å². The molecule has 0 spiro atoms. The maximum Gasteiger partial charge on any atom is 0.272 e. The molecule has 120 valence electrons. The highest BCUT2D eigenvalue weighted by Gasteiger charge is 2.08. The van der Waals surface area contributed by atoms with Gasteiger partial charge in [0.2, 0.25) is 0 Å². The minimum atomic E-state index is -0.282. The maximum atomic E-state index is 12.1. The average molecular weight is 319 g/mol. The summed E-state index contributed by atoms with van der Waals surface area (Å²) in [4.78, 5) is 16.2. The number of amides is 1. The van der Waals surface area contributed by atoms with Crippen molar-refractivity contribution in [2.75, 3.05) is 5.32 Å². The molecule has 0 aliphatic rings. The van der Waals surface area contributed by atoms with E-state index in [1.165, 1.54) is 0 Å². The Balaban J connectivity index is 1.61. The number of nitrogens with one attached hydrogen (secondary N) is 2. The number of hydrogen-bond acceptors (Lipinski definition) is 5. The summed E-state index contributed by atoms with van der Waals surface area (Å²) in [6.45, 7) is 2.36. The number of benzene rings is 1. The van der Waals surface area contributed by atoms with Crippen molar-refractivity contribution in [1.82, 2.24) is 20.5 Å². The minimum Gasteiger partial charge on any atom is -0.345 e. The van der Waals surface area contributed by atoms with Crippen LogP contribution in [0.2, 0.25) is 0 Å². The third-order valence-corrected chi connectivity index (χ3v) is 3.46. The number of carbonyl (C=O) groups is 1. The number of para-hydroxylation sites is 1. The van der Waals surface area contributed by atoms with Crippen molar-refractivity contribution in [1.29, 1.82) is 0 Å². The molecule has 0 saturated heterocycles. The highest BCUT2D eigenvalue weighted by molar-refractivity contribution is 5.92. The van der Waals surface area contributed by atoms with E-state index < -0.39 is 0 Å².